The molecular weight excluding hydrogens is 234 g/mol. The maximum Gasteiger partial charge on any atom is 0.226 e. The van der Waals surface area contributed by atoms with Gasteiger partial charge in [-0.05, 0) is 31.4 Å². The van der Waals surface area contributed by atoms with Crippen molar-refractivity contribution in [3.63, 3.8) is 0 Å². The fraction of sp³-hybridized carbons (Fsp3) is 0.615. The molecule has 18 heavy (non-hydrogen) atoms. The molecule has 2 N–H and O–H groups in total. The normalized spacial score (nSPS) is 31.5. The van der Waals surface area contributed by atoms with Crippen molar-refractivity contribution in [2.24, 2.45) is 5.92 Å². The lowest BCUT2D eigenvalue weighted by atomic mass is 9.88. The van der Waals surface area contributed by atoms with Gasteiger partial charge in [-0.2, -0.15) is 0 Å². The summed E-state index contributed by atoms with van der Waals surface area (Å²) in [7, 11) is 0. The first-order valence-electron chi connectivity index (χ1n) is 6.38. The summed E-state index contributed by atoms with van der Waals surface area (Å²) in [5.74, 6) is 0.459. The number of carbonyl (C=O) groups excluding carboxylic acids is 1. The standard InChI is InChI=1S/C13H17NO4/c15-7-10(12-2-1-5-17-12)14-13(16)9-6-8-3-4-11(9)18-8/h1-2,5,8-11,15H,3-4,6-7H2,(H,14,16). The molecule has 5 heteroatoms. The fourth-order valence-corrected chi connectivity index (χ4v) is 2.89. The highest BCUT2D eigenvalue weighted by Crippen LogP contribution is 2.39. The topological polar surface area (TPSA) is 71.7 Å². The number of aliphatic hydroxyl groups excluding tert-OH is 1. The molecule has 2 aliphatic heterocycles. The molecule has 2 saturated heterocycles. The number of amides is 1. The molecular formula is C13H17NO4. The van der Waals surface area contributed by atoms with Gasteiger partial charge < -0.3 is 19.6 Å². The Kier molecular flexibility index (Phi) is 3.09. The number of ether oxygens (including phenoxy) is 1. The molecule has 3 heterocycles. The second-order valence-electron chi connectivity index (χ2n) is 4.98. The summed E-state index contributed by atoms with van der Waals surface area (Å²) >= 11 is 0. The van der Waals surface area contributed by atoms with Gasteiger partial charge in [0.2, 0.25) is 5.91 Å². The van der Waals surface area contributed by atoms with Crippen LogP contribution >= 0.6 is 0 Å². The summed E-state index contributed by atoms with van der Waals surface area (Å²) in [5, 5.41) is 12.1. The highest BCUT2D eigenvalue weighted by atomic mass is 16.5. The van der Waals surface area contributed by atoms with Crippen molar-refractivity contribution in [1.82, 2.24) is 5.32 Å². The average Bonchev–Trinajstić information content (AvgIpc) is 3.10. The monoisotopic (exact) mass is 251 g/mol. The van der Waals surface area contributed by atoms with Crippen LogP contribution in [0.1, 0.15) is 31.1 Å². The van der Waals surface area contributed by atoms with E-state index in [4.69, 9.17) is 9.15 Å². The molecule has 1 aromatic rings. The van der Waals surface area contributed by atoms with Crippen molar-refractivity contribution in [3.8, 4) is 0 Å². The molecule has 4 unspecified atom stereocenters. The fourth-order valence-electron chi connectivity index (χ4n) is 2.89. The number of carbonyl (C=O) groups is 1. The molecule has 1 amide bonds. The third-order valence-corrected chi connectivity index (χ3v) is 3.83. The summed E-state index contributed by atoms with van der Waals surface area (Å²) in [6, 6.07) is 3.02. The van der Waals surface area contributed by atoms with E-state index in [9.17, 15) is 9.90 Å². The minimum Gasteiger partial charge on any atom is -0.467 e. The average molecular weight is 251 g/mol. The number of hydrogen-bond acceptors (Lipinski definition) is 4. The largest absolute Gasteiger partial charge is 0.467 e. The second-order valence-corrected chi connectivity index (χ2v) is 4.98. The van der Waals surface area contributed by atoms with E-state index >= 15 is 0 Å². The Morgan fingerprint density at radius 2 is 2.44 bits per heavy atom. The molecule has 0 radical (unpaired) electrons. The summed E-state index contributed by atoms with van der Waals surface area (Å²) in [5.41, 5.74) is 0. The molecule has 4 atom stereocenters. The van der Waals surface area contributed by atoms with Crippen molar-refractivity contribution in [3.05, 3.63) is 24.2 Å². The zero-order chi connectivity index (χ0) is 12.5. The van der Waals surface area contributed by atoms with E-state index in [1.165, 1.54) is 6.26 Å². The molecule has 2 bridgehead atoms. The van der Waals surface area contributed by atoms with Crippen LogP contribution in [0.2, 0.25) is 0 Å². The van der Waals surface area contributed by atoms with Crippen molar-refractivity contribution in [1.29, 1.82) is 0 Å². The minimum absolute atomic E-state index is 0.0438. The predicted molar refractivity (Wildman–Crippen MR) is 62.7 cm³/mol. The van der Waals surface area contributed by atoms with E-state index in [1.54, 1.807) is 12.1 Å². The molecule has 0 saturated carbocycles. The lowest BCUT2D eigenvalue weighted by Crippen LogP contribution is -2.39. The lowest BCUT2D eigenvalue weighted by molar-refractivity contribution is -0.127. The maximum absolute atomic E-state index is 12.2. The highest BCUT2D eigenvalue weighted by Gasteiger charge is 2.44. The Bertz CT molecular complexity index is 417. The van der Waals surface area contributed by atoms with Crippen LogP contribution in [0.15, 0.2) is 22.8 Å². The summed E-state index contributed by atoms with van der Waals surface area (Å²) in [6.45, 7) is -0.166. The van der Waals surface area contributed by atoms with E-state index in [0.29, 0.717) is 5.76 Å². The Morgan fingerprint density at radius 1 is 1.56 bits per heavy atom. The number of furan rings is 1. The van der Waals surface area contributed by atoms with Gasteiger partial charge in [0, 0.05) is 0 Å². The van der Waals surface area contributed by atoms with Gasteiger partial charge in [0.15, 0.2) is 0 Å². The van der Waals surface area contributed by atoms with Crippen molar-refractivity contribution in [2.45, 2.75) is 37.5 Å². The molecule has 0 aliphatic carbocycles. The molecule has 2 fully saturated rings. The number of nitrogens with one attached hydrogen (secondary N) is 1. The number of fused-ring (bicyclic) bond motifs is 2. The molecule has 1 aromatic heterocycles. The first-order chi connectivity index (χ1) is 8.78. The van der Waals surface area contributed by atoms with Crippen LogP contribution in [-0.2, 0) is 9.53 Å². The van der Waals surface area contributed by atoms with Gasteiger partial charge in [-0.25, -0.2) is 0 Å². The molecule has 5 nitrogen and oxygen atoms in total. The second kappa shape index (κ2) is 4.74. The Balaban J connectivity index is 1.63. The van der Waals surface area contributed by atoms with E-state index in [-0.39, 0.29) is 30.6 Å². The summed E-state index contributed by atoms with van der Waals surface area (Å²) < 4.78 is 10.9. The van der Waals surface area contributed by atoms with Crippen molar-refractivity contribution in [2.75, 3.05) is 6.61 Å². The van der Waals surface area contributed by atoms with Crippen LogP contribution in [0.4, 0.5) is 0 Å². The minimum atomic E-state index is -0.466. The third-order valence-electron chi connectivity index (χ3n) is 3.83. The van der Waals surface area contributed by atoms with E-state index in [2.05, 4.69) is 5.32 Å². The van der Waals surface area contributed by atoms with Crippen LogP contribution in [0.5, 0.6) is 0 Å². The molecule has 0 spiro atoms. The summed E-state index contributed by atoms with van der Waals surface area (Å²) in [4.78, 5) is 12.2. The van der Waals surface area contributed by atoms with Gasteiger partial charge in [-0.3, -0.25) is 4.79 Å². The summed E-state index contributed by atoms with van der Waals surface area (Å²) in [6.07, 6.45) is 4.67. The van der Waals surface area contributed by atoms with E-state index in [0.717, 1.165) is 19.3 Å². The maximum atomic E-state index is 12.2. The van der Waals surface area contributed by atoms with Crippen LogP contribution in [0.25, 0.3) is 0 Å². The van der Waals surface area contributed by atoms with E-state index in [1.807, 2.05) is 0 Å². The van der Waals surface area contributed by atoms with Crippen molar-refractivity contribution < 1.29 is 19.1 Å². The molecule has 0 aromatic carbocycles. The first-order valence-corrected chi connectivity index (χ1v) is 6.38. The first kappa shape index (κ1) is 11.7. The Morgan fingerprint density at radius 3 is 3.00 bits per heavy atom. The smallest absolute Gasteiger partial charge is 0.226 e. The Labute approximate surface area is 105 Å². The van der Waals surface area contributed by atoms with Gasteiger partial charge in [0.25, 0.3) is 0 Å². The van der Waals surface area contributed by atoms with Crippen LogP contribution in [0, 0.1) is 5.92 Å². The predicted octanol–water partition coefficient (Wildman–Crippen LogP) is 0.997. The van der Waals surface area contributed by atoms with E-state index < -0.39 is 6.04 Å². The number of rotatable bonds is 4. The molecule has 3 rings (SSSR count). The highest BCUT2D eigenvalue weighted by molar-refractivity contribution is 5.80. The van der Waals surface area contributed by atoms with Crippen LogP contribution in [-0.4, -0.2) is 29.8 Å². The van der Waals surface area contributed by atoms with Gasteiger partial charge >= 0.3 is 0 Å². The van der Waals surface area contributed by atoms with Gasteiger partial charge in [-0.1, -0.05) is 0 Å². The third kappa shape index (κ3) is 2.04. The quantitative estimate of drug-likeness (QED) is 0.837. The van der Waals surface area contributed by atoms with Gasteiger partial charge in [0.05, 0.1) is 31.0 Å². The zero-order valence-corrected chi connectivity index (χ0v) is 10.0. The Hall–Kier alpha value is -1.33. The molecule has 98 valence electrons. The van der Waals surface area contributed by atoms with Crippen LogP contribution < -0.4 is 5.32 Å². The zero-order valence-electron chi connectivity index (χ0n) is 10.0. The molecule has 2 aliphatic rings. The number of hydrogen-bond donors (Lipinski definition) is 2. The number of aliphatic hydroxyl groups is 1. The van der Waals surface area contributed by atoms with Gasteiger partial charge in [-0.15, -0.1) is 0 Å². The lowest BCUT2D eigenvalue weighted by Gasteiger charge is -2.21. The van der Waals surface area contributed by atoms with Gasteiger partial charge in [0.1, 0.15) is 11.8 Å². The van der Waals surface area contributed by atoms with Crippen molar-refractivity contribution >= 4 is 5.91 Å². The van der Waals surface area contributed by atoms with Crippen LogP contribution in [0.3, 0.4) is 0 Å². The SMILES string of the molecule is O=C(NC(CO)c1ccco1)C1CC2CCC1O2.